The van der Waals surface area contributed by atoms with Gasteiger partial charge in [-0.3, -0.25) is 19.9 Å². The lowest BCUT2D eigenvalue weighted by Crippen LogP contribution is -2.63. The Balaban J connectivity index is 2.07. The zero-order valence-electron chi connectivity index (χ0n) is 11.2. The highest BCUT2D eigenvalue weighted by atomic mass is 16.2. The Morgan fingerprint density at radius 2 is 1.95 bits per heavy atom. The van der Waals surface area contributed by atoms with Crippen LogP contribution in [0.1, 0.15) is 31.2 Å². The number of amides is 4. The van der Waals surface area contributed by atoms with Gasteiger partial charge >= 0.3 is 6.03 Å². The number of aryl methyl sites for hydroxylation is 1. The zero-order valence-corrected chi connectivity index (χ0v) is 11.2. The molecule has 0 bridgehead atoms. The van der Waals surface area contributed by atoms with E-state index < -0.39 is 23.3 Å². The van der Waals surface area contributed by atoms with E-state index in [0.29, 0.717) is 18.5 Å². The summed E-state index contributed by atoms with van der Waals surface area (Å²) in [7, 11) is 0. The lowest BCUT2D eigenvalue weighted by atomic mass is 9.82. The Kier molecular flexibility index (Phi) is 2.81. The van der Waals surface area contributed by atoms with Crippen molar-refractivity contribution >= 4 is 23.5 Å². The molecule has 1 N–H and O–H groups in total. The molecule has 1 aliphatic heterocycles. The second-order valence-electron chi connectivity index (χ2n) is 5.35. The van der Waals surface area contributed by atoms with Crippen molar-refractivity contribution in [3.05, 3.63) is 24.0 Å². The van der Waals surface area contributed by atoms with Gasteiger partial charge in [0.1, 0.15) is 5.41 Å². The number of barbiturate groups is 1. The van der Waals surface area contributed by atoms with Gasteiger partial charge in [0.25, 0.3) is 5.91 Å². The van der Waals surface area contributed by atoms with Crippen LogP contribution in [0.15, 0.2) is 18.5 Å². The molecule has 0 atom stereocenters. The van der Waals surface area contributed by atoms with Crippen molar-refractivity contribution in [2.45, 2.75) is 32.6 Å². The van der Waals surface area contributed by atoms with Crippen molar-refractivity contribution in [2.75, 3.05) is 4.90 Å². The maximum atomic E-state index is 12.7. The van der Waals surface area contributed by atoms with E-state index in [0.717, 1.165) is 23.3 Å². The minimum atomic E-state index is -1.07. The number of hydrogen-bond donors (Lipinski definition) is 1. The van der Waals surface area contributed by atoms with Crippen LogP contribution in [0.5, 0.6) is 0 Å². The Morgan fingerprint density at radius 1 is 1.25 bits per heavy atom. The molecule has 1 saturated heterocycles. The second kappa shape index (κ2) is 4.40. The molecule has 2 aliphatic rings. The molecule has 104 valence electrons. The molecule has 1 aromatic rings. The van der Waals surface area contributed by atoms with Gasteiger partial charge in [0.15, 0.2) is 0 Å². The second-order valence-corrected chi connectivity index (χ2v) is 5.35. The molecule has 6 nitrogen and oxygen atoms in total. The first-order valence-corrected chi connectivity index (χ1v) is 6.67. The number of nitrogens with zero attached hydrogens (tertiary/aromatic N) is 2. The van der Waals surface area contributed by atoms with Crippen LogP contribution in [0.3, 0.4) is 0 Å². The third kappa shape index (κ3) is 1.64. The molecule has 0 aromatic carbocycles. The number of imide groups is 2. The monoisotopic (exact) mass is 273 g/mol. The van der Waals surface area contributed by atoms with Crippen molar-refractivity contribution in [1.82, 2.24) is 10.3 Å². The van der Waals surface area contributed by atoms with Crippen molar-refractivity contribution in [1.29, 1.82) is 0 Å². The summed E-state index contributed by atoms with van der Waals surface area (Å²) in [4.78, 5) is 41.9. The van der Waals surface area contributed by atoms with Gasteiger partial charge in [-0.25, -0.2) is 9.69 Å². The minimum Gasteiger partial charge on any atom is -0.276 e. The first-order chi connectivity index (χ1) is 9.56. The summed E-state index contributed by atoms with van der Waals surface area (Å²) < 4.78 is 0. The van der Waals surface area contributed by atoms with E-state index in [1.54, 1.807) is 19.2 Å². The standard InChI is InChI=1S/C14H15N3O3/c1-9-4-7-15-8-10(9)17-12(19)14(5-2-3-6-14)11(18)16-13(17)20/h4,7-8H,2-3,5-6H2,1H3,(H,16,18,20). The number of rotatable bonds is 1. The number of nitrogens with one attached hydrogen (secondary N) is 1. The SMILES string of the molecule is Cc1ccncc1N1C(=O)NC(=O)C2(CCCC2)C1=O. The van der Waals surface area contributed by atoms with Gasteiger partial charge in [0, 0.05) is 6.20 Å². The molecular weight excluding hydrogens is 258 g/mol. The van der Waals surface area contributed by atoms with Crippen LogP contribution in [0.25, 0.3) is 0 Å². The maximum Gasteiger partial charge on any atom is 0.335 e. The quantitative estimate of drug-likeness (QED) is 0.787. The smallest absolute Gasteiger partial charge is 0.276 e. The van der Waals surface area contributed by atoms with E-state index in [4.69, 9.17) is 0 Å². The predicted molar refractivity (Wildman–Crippen MR) is 70.9 cm³/mol. The van der Waals surface area contributed by atoms with Crippen LogP contribution < -0.4 is 10.2 Å². The van der Waals surface area contributed by atoms with Crippen LogP contribution in [0.4, 0.5) is 10.5 Å². The Bertz CT molecular complexity index is 605. The normalized spacial score (nSPS) is 21.4. The van der Waals surface area contributed by atoms with Crippen LogP contribution in [0.2, 0.25) is 0 Å². The van der Waals surface area contributed by atoms with Crippen molar-refractivity contribution in [2.24, 2.45) is 5.41 Å². The molecule has 6 heteroatoms. The molecule has 0 unspecified atom stereocenters. The summed E-state index contributed by atoms with van der Waals surface area (Å²) in [5.74, 6) is -0.873. The fourth-order valence-electron chi connectivity index (χ4n) is 3.00. The molecule has 0 radical (unpaired) electrons. The molecule has 1 spiro atoms. The molecule has 2 heterocycles. The van der Waals surface area contributed by atoms with Gasteiger partial charge in [-0.2, -0.15) is 0 Å². The van der Waals surface area contributed by atoms with E-state index in [2.05, 4.69) is 10.3 Å². The molecule has 2 fully saturated rings. The third-order valence-electron chi connectivity index (χ3n) is 4.18. The highest BCUT2D eigenvalue weighted by molar-refractivity contribution is 6.30. The topological polar surface area (TPSA) is 79.4 Å². The number of carbonyl (C=O) groups is 3. The molecule has 4 amide bonds. The van der Waals surface area contributed by atoms with E-state index in [-0.39, 0.29) is 0 Å². The molecule has 20 heavy (non-hydrogen) atoms. The van der Waals surface area contributed by atoms with Crippen LogP contribution in [-0.2, 0) is 9.59 Å². The fourth-order valence-corrected chi connectivity index (χ4v) is 3.00. The fraction of sp³-hybridized carbons (Fsp3) is 0.429. The molecule has 1 saturated carbocycles. The first kappa shape index (κ1) is 12.8. The average Bonchev–Trinajstić information content (AvgIpc) is 2.90. The van der Waals surface area contributed by atoms with Gasteiger partial charge in [-0.05, 0) is 31.4 Å². The summed E-state index contributed by atoms with van der Waals surface area (Å²) in [6.07, 6.45) is 5.73. The van der Waals surface area contributed by atoms with Gasteiger partial charge in [0.2, 0.25) is 5.91 Å². The van der Waals surface area contributed by atoms with E-state index >= 15 is 0 Å². The summed E-state index contributed by atoms with van der Waals surface area (Å²) in [6.45, 7) is 1.80. The van der Waals surface area contributed by atoms with Crippen molar-refractivity contribution < 1.29 is 14.4 Å². The maximum absolute atomic E-state index is 12.7. The van der Waals surface area contributed by atoms with E-state index in [1.807, 2.05) is 0 Å². The van der Waals surface area contributed by atoms with Crippen LogP contribution in [0, 0.1) is 12.3 Å². The molecular formula is C14H15N3O3. The summed E-state index contributed by atoms with van der Waals surface area (Å²) in [5, 5.41) is 2.32. The third-order valence-corrected chi connectivity index (χ3v) is 4.18. The largest absolute Gasteiger partial charge is 0.335 e. The Morgan fingerprint density at radius 3 is 2.60 bits per heavy atom. The molecule has 3 rings (SSSR count). The summed E-state index contributed by atoms with van der Waals surface area (Å²) >= 11 is 0. The predicted octanol–water partition coefficient (Wildman–Crippen LogP) is 1.53. The Hall–Kier alpha value is -2.24. The minimum absolute atomic E-state index is 0.417. The van der Waals surface area contributed by atoms with Gasteiger partial charge in [-0.1, -0.05) is 12.8 Å². The molecule has 1 aromatic heterocycles. The van der Waals surface area contributed by atoms with Crippen molar-refractivity contribution in [3.63, 3.8) is 0 Å². The van der Waals surface area contributed by atoms with Gasteiger partial charge in [0.05, 0.1) is 11.9 Å². The number of carbonyl (C=O) groups excluding carboxylic acids is 3. The number of pyridine rings is 1. The van der Waals surface area contributed by atoms with E-state index in [1.165, 1.54) is 6.20 Å². The van der Waals surface area contributed by atoms with Gasteiger partial charge < -0.3 is 0 Å². The highest BCUT2D eigenvalue weighted by Crippen LogP contribution is 2.43. The molecule has 1 aliphatic carbocycles. The van der Waals surface area contributed by atoms with Gasteiger partial charge in [-0.15, -0.1) is 0 Å². The van der Waals surface area contributed by atoms with Crippen molar-refractivity contribution in [3.8, 4) is 0 Å². The van der Waals surface area contributed by atoms with E-state index in [9.17, 15) is 14.4 Å². The lowest BCUT2D eigenvalue weighted by Gasteiger charge is -2.37. The lowest BCUT2D eigenvalue weighted by molar-refractivity contribution is -0.142. The number of urea groups is 1. The highest BCUT2D eigenvalue weighted by Gasteiger charge is 2.55. The first-order valence-electron chi connectivity index (χ1n) is 6.67. The van der Waals surface area contributed by atoms with Crippen LogP contribution >= 0.6 is 0 Å². The number of anilines is 1. The summed E-state index contributed by atoms with van der Waals surface area (Å²) in [6, 6.07) is 1.04. The average molecular weight is 273 g/mol. The Labute approximate surface area is 116 Å². The number of aromatic nitrogens is 1. The number of hydrogen-bond acceptors (Lipinski definition) is 4. The van der Waals surface area contributed by atoms with Crippen LogP contribution in [-0.4, -0.2) is 22.8 Å². The zero-order chi connectivity index (χ0) is 14.3. The summed E-state index contributed by atoms with van der Waals surface area (Å²) in [5.41, 5.74) is 0.135.